The molecule has 1 aromatic carbocycles. The van der Waals surface area contributed by atoms with Crippen LogP contribution in [0.3, 0.4) is 0 Å². The van der Waals surface area contributed by atoms with Gasteiger partial charge in [0.15, 0.2) is 0 Å². The smallest absolute Gasteiger partial charge is 0.225 e. The summed E-state index contributed by atoms with van der Waals surface area (Å²) in [5.74, 6) is 0. The van der Waals surface area contributed by atoms with Crippen LogP contribution in [-0.4, -0.2) is 21.0 Å². The SMILES string of the molecule is CCCn1cc(/C=N/Nc2nncs2)c2ccccc21. The second-order valence-electron chi connectivity index (χ2n) is 4.41. The van der Waals surface area contributed by atoms with Crippen LogP contribution in [0.1, 0.15) is 18.9 Å². The van der Waals surface area contributed by atoms with E-state index >= 15 is 0 Å². The molecule has 0 bridgehead atoms. The van der Waals surface area contributed by atoms with E-state index in [1.807, 2.05) is 12.3 Å². The van der Waals surface area contributed by atoms with Crippen LogP contribution in [0.15, 0.2) is 41.1 Å². The maximum absolute atomic E-state index is 4.23. The van der Waals surface area contributed by atoms with Crippen LogP contribution in [0.5, 0.6) is 0 Å². The van der Waals surface area contributed by atoms with E-state index in [1.165, 1.54) is 22.2 Å². The fraction of sp³-hybridized carbons (Fsp3) is 0.214. The zero-order chi connectivity index (χ0) is 13.8. The van der Waals surface area contributed by atoms with Gasteiger partial charge in [0.25, 0.3) is 0 Å². The van der Waals surface area contributed by atoms with Gasteiger partial charge >= 0.3 is 0 Å². The number of nitrogens with zero attached hydrogens (tertiary/aromatic N) is 4. The van der Waals surface area contributed by atoms with Gasteiger partial charge in [-0.2, -0.15) is 5.10 Å². The Hall–Kier alpha value is -2.21. The number of aryl methyl sites for hydroxylation is 1. The van der Waals surface area contributed by atoms with Crippen molar-refractivity contribution in [1.29, 1.82) is 0 Å². The molecule has 0 aliphatic heterocycles. The zero-order valence-electron chi connectivity index (χ0n) is 11.2. The van der Waals surface area contributed by atoms with Crippen molar-refractivity contribution in [1.82, 2.24) is 14.8 Å². The molecule has 6 heteroatoms. The standard InChI is InChI=1S/C14H15N5S/c1-2-7-19-9-11(12-5-3-4-6-13(12)19)8-15-17-14-18-16-10-20-14/h3-6,8-10H,2,7H2,1H3,(H,17,18)/b15-8+. The lowest BCUT2D eigenvalue weighted by molar-refractivity contribution is 0.703. The first-order valence-electron chi connectivity index (χ1n) is 6.51. The monoisotopic (exact) mass is 285 g/mol. The molecule has 0 atom stereocenters. The topological polar surface area (TPSA) is 55.1 Å². The average molecular weight is 285 g/mol. The first-order valence-corrected chi connectivity index (χ1v) is 7.39. The number of anilines is 1. The zero-order valence-corrected chi connectivity index (χ0v) is 12.0. The molecule has 0 aliphatic rings. The van der Waals surface area contributed by atoms with E-state index in [9.17, 15) is 0 Å². The molecule has 3 aromatic rings. The minimum absolute atomic E-state index is 0.693. The van der Waals surface area contributed by atoms with Crippen molar-refractivity contribution in [2.24, 2.45) is 5.10 Å². The van der Waals surface area contributed by atoms with Gasteiger partial charge in [-0.05, 0) is 12.5 Å². The fourth-order valence-electron chi connectivity index (χ4n) is 2.18. The molecule has 0 spiro atoms. The number of fused-ring (bicyclic) bond motifs is 1. The van der Waals surface area contributed by atoms with Crippen LogP contribution < -0.4 is 5.43 Å². The predicted octanol–water partition coefficient (Wildman–Crippen LogP) is 3.35. The highest BCUT2D eigenvalue weighted by molar-refractivity contribution is 7.13. The number of benzene rings is 1. The van der Waals surface area contributed by atoms with Gasteiger partial charge in [0, 0.05) is 29.2 Å². The summed E-state index contributed by atoms with van der Waals surface area (Å²) in [6.07, 6.45) is 5.08. The summed E-state index contributed by atoms with van der Waals surface area (Å²) >= 11 is 1.42. The number of rotatable bonds is 5. The highest BCUT2D eigenvalue weighted by Crippen LogP contribution is 2.20. The molecule has 20 heavy (non-hydrogen) atoms. The van der Waals surface area contributed by atoms with Gasteiger partial charge in [0.05, 0.1) is 6.21 Å². The average Bonchev–Trinajstić information content (AvgIpc) is 3.09. The number of aromatic nitrogens is 3. The number of hydrogen-bond acceptors (Lipinski definition) is 5. The first kappa shape index (κ1) is 12.8. The van der Waals surface area contributed by atoms with Crippen LogP contribution in [0.2, 0.25) is 0 Å². The summed E-state index contributed by atoms with van der Waals surface area (Å²) in [6, 6.07) is 8.37. The largest absolute Gasteiger partial charge is 0.347 e. The fourth-order valence-corrected chi connectivity index (χ4v) is 2.58. The second kappa shape index (κ2) is 5.83. The molecule has 5 nitrogen and oxygen atoms in total. The van der Waals surface area contributed by atoms with Crippen LogP contribution in [0, 0.1) is 0 Å². The molecule has 2 heterocycles. The van der Waals surface area contributed by atoms with Gasteiger partial charge < -0.3 is 4.57 Å². The molecule has 102 valence electrons. The van der Waals surface area contributed by atoms with Crippen molar-refractivity contribution < 1.29 is 0 Å². The number of hydrazone groups is 1. The highest BCUT2D eigenvalue weighted by atomic mass is 32.1. The maximum atomic E-state index is 4.23. The molecule has 2 aromatic heterocycles. The Labute approximate surface area is 121 Å². The van der Waals surface area contributed by atoms with Gasteiger partial charge in [0.2, 0.25) is 5.13 Å². The summed E-state index contributed by atoms with van der Waals surface area (Å²) in [5.41, 5.74) is 6.90. The third kappa shape index (κ3) is 2.55. The summed E-state index contributed by atoms with van der Waals surface area (Å²) in [7, 11) is 0. The van der Waals surface area contributed by atoms with E-state index in [2.05, 4.69) is 56.6 Å². The van der Waals surface area contributed by atoms with Gasteiger partial charge in [-0.25, -0.2) is 0 Å². The summed E-state index contributed by atoms with van der Waals surface area (Å²) in [6.45, 7) is 3.19. The van der Waals surface area contributed by atoms with Crippen molar-refractivity contribution in [3.8, 4) is 0 Å². The normalized spacial score (nSPS) is 11.4. The molecule has 0 amide bonds. The van der Waals surface area contributed by atoms with Crippen molar-refractivity contribution in [2.75, 3.05) is 5.43 Å². The lowest BCUT2D eigenvalue weighted by Crippen LogP contribution is -1.93. The molecular weight excluding hydrogens is 270 g/mol. The van der Waals surface area contributed by atoms with Crippen molar-refractivity contribution in [3.05, 3.63) is 41.5 Å². The quantitative estimate of drug-likeness (QED) is 0.578. The Morgan fingerprint density at radius 1 is 1.40 bits per heavy atom. The number of para-hydroxylation sites is 1. The predicted molar refractivity (Wildman–Crippen MR) is 83.4 cm³/mol. The number of nitrogens with one attached hydrogen (secondary N) is 1. The minimum Gasteiger partial charge on any atom is -0.347 e. The van der Waals surface area contributed by atoms with Crippen molar-refractivity contribution >= 4 is 33.6 Å². The van der Waals surface area contributed by atoms with E-state index in [0.717, 1.165) is 18.5 Å². The minimum atomic E-state index is 0.693. The van der Waals surface area contributed by atoms with E-state index in [4.69, 9.17) is 0 Å². The molecule has 0 saturated heterocycles. The highest BCUT2D eigenvalue weighted by Gasteiger charge is 2.05. The maximum Gasteiger partial charge on any atom is 0.225 e. The Morgan fingerprint density at radius 3 is 3.10 bits per heavy atom. The summed E-state index contributed by atoms with van der Waals surface area (Å²) < 4.78 is 2.27. The molecule has 0 saturated carbocycles. The molecule has 3 rings (SSSR count). The van der Waals surface area contributed by atoms with Gasteiger partial charge in [-0.1, -0.05) is 36.5 Å². The van der Waals surface area contributed by atoms with Crippen LogP contribution in [0.25, 0.3) is 10.9 Å². The molecule has 0 aliphatic carbocycles. The van der Waals surface area contributed by atoms with Crippen LogP contribution in [0.4, 0.5) is 5.13 Å². The van der Waals surface area contributed by atoms with Crippen molar-refractivity contribution in [3.63, 3.8) is 0 Å². The Kier molecular flexibility index (Phi) is 3.73. The molecule has 0 fully saturated rings. The third-order valence-electron chi connectivity index (χ3n) is 3.01. The molecule has 0 unspecified atom stereocenters. The van der Waals surface area contributed by atoms with E-state index < -0.39 is 0 Å². The first-order chi connectivity index (χ1) is 9.88. The summed E-state index contributed by atoms with van der Waals surface area (Å²) in [5, 5.41) is 13.8. The van der Waals surface area contributed by atoms with E-state index in [-0.39, 0.29) is 0 Å². The second-order valence-corrected chi connectivity index (χ2v) is 5.24. The molecule has 1 N–H and O–H groups in total. The summed E-state index contributed by atoms with van der Waals surface area (Å²) in [4.78, 5) is 0. The number of hydrogen-bond donors (Lipinski definition) is 1. The van der Waals surface area contributed by atoms with Crippen molar-refractivity contribution in [2.45, 2.75) is 19.9 Å². The lowest BCUT2D eigenvalue weighted by Gasteiger charge is -2.00. The Bertz CT molecular complexity index is 714. The van der Waals surface area contributed by atoms with E-state index in [1.54, 1.807) is 5.51 Å². The molecule has 0 radical (unpaired) electrons. The lowest BCUT2D eigenvalue weighted by atomic mass is 10.2. The van der Waals surface area contributed by atoms with Gasteiger partial charge in [-0.15, -0.1) is 10.2 Å². The molecular formula is C14H15N5S. The Balaban J connectivity index is 1.89. The third-order valence-corrected chi connectivity index (χ3v) is 3.60. The van der Waals surface area contributed by atoms with Gasteiger partial charge in [-0.3, -0.25) is 5.43 Å². The van der Waals surface area contributed by atoms with E-state index in [0.29, 0.717) is 5.13 Å². The van der Waals surface area contributed by atoms with Crippen LogP contribution >= 0.6 is 11.3 Å². The van der Waals surface area contributed by atoms with Gasteiger partial charge in [0.1, 0.15) is 5.51 Å². The van der Waals surface area contributed by atoms with Crippen LogP contribution in [-0.2, 0) is 6.54 Å². The Morgan fingerprint density at radius 2 is 2.30 bits per heavy atom.